The third kappa shape index (κ3) is 3.54. The van der Waals surface area contributed by atoms with E-state index in [2.05, 4.69) is 12.6 Å². The molecule has 1 aromatic carbocycles. The lowest BCUT2D eigenvalue weighted by Crippen LogP contribution is -2.04. The number of benzene rings is 1. The molecule has 0 radical (unpaired) electrons. The van der Waals surface area contributed by atoms with Crippen molar-refractivity contribution >= 4 is 22.7 Å². The van der Waals surface area contributed by atoms with E-state index in [0.717, 1.165) is 5.56 Å². The average molecular weight is 290 g/mol. The summed E-state index contributed by atoms with van der Waals surface area (Å²) in [6, 6.07) is 5.52. The summed E-state index contributed by atoms with van der Waals surface area (Å²) in [5.41, 5.74) is 0.943. The van der Waals surface area contributed by atoms with Crippen molar-refractivity contribution in [1.82, 2.24) is 0 Å². The zero-order valence-corrected chi connectivity index (χ0v) is 11.3. The van der Waals surface area contributed by atoms with Gasteiger partial charge in [0.25, 0.3) is 10.1 Å². The third-order valence-electron chi connectivity index (χ3n) is 2.66. The van der Waals surface area contributed by atoms with Crippen molar-refractivity contribution in [2.24, 2.45) is 0 Å². The molecular formula is C11H14O5S2. The molecule has 0 aromatic heterocycles. The molecule has 1 N–H and O–H groups in total. The number of hydrogen-bond donors (Lipinski definition) is 2. The highest BCUT2D eigenvalue weighted by Gasteiger charge is 2.16. The molecule has 0 saturated heterocycles. The minimum atomic E-state index is -3.89. The lowest BCUT2D eigenvalue weighted by atomic mass is 10.1. The van der Waals surface area contributed by atoms with Crippen molar-refractivity contribution in [3.8, 4) is 11.5 Å². The minimum Gasteiger partial charge on any atom is -0.454 e. The first-order valence-corrected chi connectivity index (χ1v) is 7.61. The zero-order valence-electron chi connectivity index (χ0n) is 9.57. The van der Waals surface area contributed by atoms with Gasteiger partial charge in [-0.1, -0.05) is 6.07 Å². The van der Waals surface area contributed by atoms with Crippen molar-refractivity contribution in [2.75, 3.05) is 12.5 Å². The lowest BCUT2D eigenvalue weighted by molar-refractivity contribution is 0.174. The normalized spacial score (nSPS) is 15.7. The first-order valence-electron chi connectivity index (χ1n) is 5.48. The Morgan fingerprint density at radius 3 is 2.78 bits per heavy atom. The lowest BCUT2D eigenvalue weighted by Gasteiger charge is -2.11. The van der Waals surface area contributed by atoms with Crippen molar-refractivity contribution < 1.29 is 22.4 Å². The van der Waals surface area contributed by atoms with E-state index in [9.17, 15) is 8.42 Å². The topological polar surface area (TPSA) is 72.8 Å². The average Bonchev–Trinajstić information content (AvgIpc) is 2.73. The van der Waals surface area contributed by atoms with Crippen LogP contribution >= 0.6 is 12.6 Å². The highest BCUT2D eigenvalue weighted by atomic mass is 32.2. The number of hydrogen-bond acceptors (Lipinski definition) is 5. The van der Waals surface area contributed by atoms with Gasteiger partial charge in [-0.25, -0.2) is 0 Å². The van der Waals surface area contributed by atoms with Gasteiger partial charge in [-0.15, -0.1) is 0 Å². The standard InChI is InChI=1S/C11H14O5S2/c12-18(13,14)5-1-2-11(17)8-3-4-9-10(6-8)16-7-15-9/h3-4,6,11,17H,1-2,5,7H2,(H,12,13,14). The Morgan fingerprint density at radius 2 is 2.06 bits per heavy atom. The van der Waals surface area contributed by atoms with Crippen LogP contribution in [-0.2, 0) is 10.1 Å². The summed E-state index contributed by atoms with van der Waals surface area (Å²) < 4.78 is 40.3. The molecule has 0 aliphatic carbocycles. The van der Waals surface area contributed by atoms with Crippen LogP contribution in [0.25, 0.3) is 0 Å². The monoisotopic (exact) mass is 290 g/mol. The van der Waals surface area contributed by atoms with Crippen LogP contribution in [0.4, 0.5) is 0 Å². The van der Waals surface area contributed by atoms with Crippen LogP contribution in [0.1, 0.15) is 23.7 Å². The van der Waals surface area contributed by atoms with Gasteiger partial charge in [0.1, 0.15) is 0 Å². The van der Waals surface area contributed by atoms with Crippen molar-refractivity contribution in [2.45, 2.75) is 18.1 Å². The van der Waals surface area contributed by atoms with Gasteiger partial charge in [-0.2, -0.15) is 21.0 Å². The van der Waals surface area contributed by atoms with E-state index in [0.29, 0.717) is 24.3 Å². The van der Waals surface area contributed by atoms with Gasteiger partial charge < -0.3 is 9.47 Å². The first kappa shape index (κ1) is 13.5. The fraction of sp³-hybridized carbons (Fsp3) is 0.455. The van der Waals surface area contributed by atoms with Crippen LogP contribution < -0.4 is 9.47 Å². The maximum Gasteiger partial charge on any atom is 0.264 e. The molecule has 1 aromatic rings. The van der Waals surface area contributed by atoms with E-state index in [1.807, 2.05) is 18.2 Å². The molecule has 0 amide bonds. The molecule has 2 rings (SSSR count). The summed E-state index contributed by atoms with van der Waals surface area (Å²) in [7, 11) is -3.89. The van der Waals surface area contributed by atoms with E-state index >= 15 is 0 Å². The molecular weight excluding hydrogens is 276 g/mol. The molecule has 0 fully saturated rings. The molecule has 0 bridgehead atoms. The Hall–Kier alpha value is -0.920. The fourth-order valence-corrected chi connectivity index (χ4v) is 2.62. The predicted molar refractivity (Wildman–Crippen MR) is 69.9 cm³/mol. The highest BCUT2D eigenvalue weighted by Crippen LogP contribution is 2.36. The summed E-state index contributed by atoms with van der Waals surface area (Å²) >= 11 is 4.42. The van der Waals surface area contributed by atoms with Crippen LogP contribution in [0.15, 0.2) is 18.2 Å². The summed E-state index contributed by atoms with van der Waals surface area (Å²) in [5, 5.41) is -0.0961. The Morgan fingerprint density at radius 1 is 1.33 bits per heavy atom. The third-order valence-corrected chi connectivity index (χ3v) is 4.02. The molecule has 100 valence electrons. The van der Waals surface area contributed by atoms with E-state index in [1.54, 1.807) is 0 Å². The maximum atomic E-state index is 10.6. The minimum absolute atomic E-state index is 0.0961. The van der Waals surface area contributed by atoms with Crippen LogP contribution in [0.2, 0.25) is 0 Å². The van der Waals surface area contributed by atoms with Crippen LogP contribution in [0, 0.1) is 0 Å². The summed E-state index contributed by atoms with van der Waals surface area (Å²) in [6.45, 7) is 0.221. The summed E-state index contributed by atoms with van der Waals surface area (Å²) in [4.78, 5) is 0. The number of thiol groups is 1. The molecule has 1 atom stereocenters. The van der Waals surface area contributed by atoms with Gasteiger partial charge in [0.2, 0.25) is 6.79 Å². The van der Waals surface area contributed by atoms with E-state index in [-0.39, 0.29) is 17.8 Å². The SMILES string of the molecule is O=S(=O)(O)CCCC(S)c1ccc2c(c1)OCO2. The van der Waals surface area contributed by atoms with Crippen molar-refractivity contribution in [3.05, 3.63) is 23.8 Å². The van der Waals surface area contributed by atoms with E-state index < -0.39 is 10.1 Å². The van der Waals surface area contributed by atoms with Gasteiger partial charge in [-0.3, -0.25) is 4.55 Å². The smallest absolute Gasteiger partial charge is 0.264 e. The van der Waals surface area contributed by atoms with Crippen LogP contribution in [0.3, 0.4) is 0 Å². The molecule has 0 saturated carbocycles. The van der Waals surface area contributed by atoms with Gasteiger partial charge in [0, 0.05) is 5.25 Å². The van der Waals surface area contributed by atoms with Crippen LogP contribution in [0.5, 0.6) is 11.5 Å². The molecule has 18 heavy (non-hydrogen) atoms. The molecule has 0 spiro atoms. The second-order valence-electron chi connectivity index (χ2n) is 4.06. The van der Waals surface area contributed by atoms with Gasteiger partial charge in [0.05, 0.1) is 5.75 Å². The second kappa shape index (κ2) is 5.38. The Labute approximate surface area is 111 Å². The van der Waals surface area contributed by atoms with E-state index in [1.165, 1.54) is 0 Å². The Balaban J connectivity index is 1.95. The zero-order chi connectivity index (χ0) is 13.2. The molecule has 1 aliphatic rings. The number of fused-ring (bicyclic) bond motifs is 1. The highest BCUT2D eigenvalue weighted by molar-refractivity contribution is 7.85. The molecule has 1 heterocycles. The summed E-state index contributed by atoms with van der Waals surface area (Å²) in [5.74, 6) is 1.15. The maximum absolute atomic E-state index is 10.6. The summed E-state index contributed by atoms with van der Waals surface area (Å²) in [6.07, 6.45) is 0.921. The Kier molecular flexibility index (Phi) is 4.04. The van der Waals surface area contributed by atoms with Crippen LogP contribution in [-0.4, -0.2) is 25.5 Å². The van der Waals surface area contributed by atoms with Gasteiger partial charge >= 0.3 is 0 Å². The first-order chi connectivity index (χ1) is 8.46. The van der Waals surface area contributed by atoms with Gasteiger partial charge in [0.15, 0.2) is 11.5 Å². The predicted octanol–water partition coefficient (Wildman–Crippen LogP) is 2.05. The van der Waals surface area contributed by atoms with Crippen molar-refractivity contribution in [3.63, 3.8) is 0 Å². The van der Waals surface area contributed by atoms with E-state index in [4.69, 9.17) is 14.0 Å². The quantitative estimate of drug-likeness (QED) is 0.641. The Bertz CT molecular complexity index is 526. The molecule has 1 aliphatic heterocycles. The molecule has 1 unspecified atom stereocenters. The van der Waals surface area contributed by atoms with Crippen molar-refractivity contribution in [1.29, 1.82) is 0 Å². The molecule has 5 nitrogen and oxygen atoms in total. The second-order valence-corrected chi connectivity index (χ2v) is 6.25. The fourth-order valence-electron chi connectivity index (χ4n) is 1.75. The van der Waals surface area contributed by atoms with Gasteiger partial charge in [-0.05, 0) is 30.5 Å². The number of rotatable bonds is 5. The molecule has 7 heteroatoms. The largest absolute Gasteiger partial charge is 0.454 e. The number of ether oxygens (including phenoxy) is 2.